The van der Waals surface area contributed by atoms with Gasteiger partial charge in [0, 0.05) is 24.4 Å². The Labute approximate surface area is 160 Å². The lowest BCUT2D eigenvalue weighted by molar-refractivity contribution is 0.599. The van der Waals surface area contributed by atoms with E-state index in [4.69, 9.17) is 11.6 Å². The standard InChI is InChI=1S/C19H13ClFN3O2S/c20-19-18(24-27(25,26)16-4-2-15(21)3-5-16)10-14(11-23-19)12-1-6-17-13(9-12)7-8-22-17/h1-6,8-11,24H,7H2. The van der Waals surface area contributed by atoms with Gasteiger partial charge in [-0.15, -0.1) is 0 Å². The van der Waals surface area contributed by atoms with Crippen molar-refractivity contribution in [2.75, 3.05) is 4.72 Å². The van der Waals surface area contributed by atoms with E-state index in [0.29, 0.717) is 5.56 Å². The van der Waals surface area contributed by atoms with Gasteiger partial charge in [-0.1, -0.05) is 17.7 Å². The summed E-state index contributed by atoms with van der Waals surface area (Å²) in [5, 5.41) is 0.0222. The third-order valence-corrected chi connectivity index (χ3v) is 5.84. The number of rotatable bonds is 4. The molecule has 1 aromatic heterocycles. The normalized spacial score (nSPS) is 12.8. The fourth-order valence-electron chi connectivity index (χ4n) is 2.79. The largest absolute Gasteiger partial charge is 0.276 e. The van der Waals surface area contributed by atoms with Gasteiger partial charge >= 0.3 is 0 Å². The molecule has 1 aliphatic rings. The van der Waals surface area contributed by atoms with E-state index in [2.05, 4.69) is 14.7 Å². The highest BCUT2D eigenvalue weighted by Crippen LogP contribution is 2.32. The highest BCUT2D eigenvalue weighted by molar-refractivity contribution is 7.92. The highest BCUT2D eigenvalue weighted by Gasteiger charge is 2.17. The second kappa shape index (κ2) is 6.75. The molecule has 2 aromatic carbocycles. The maximum absolute atomic E-state index is 13.0. The summed E-state index contributed by atoms with van der Waals surface area (Å²) >= 11 is 6.08. The Morgan fingerprint density at radius 2 is 1.81 bits per heavy atom. The van der Waals surface area contributed by atoms with Gasteiger partial charge in [-0.2, -0.15) is 0 Å². The Balaban J connectivity index is 1.68. The zero-order valence-electron chi connectivity index (χ0n) is 13.9. The first kappa shape index (κ1) is 17.6. The lowest BCUT2D eigenvalue weighted by atomic mass is 10.0. The molecule has 3 aromatic rings. The van der Waals surface area contributed by atoms with Crippen LogP contribution in [0.5, 0.6) is 0 Å². The van der Waals surface area contributed by atoms with Gasteiger partial charge in [0.05, 0.1) is 16.3 Å². The number of hydrogen-bond donors (Lipinski definition) is 1. The number of aliphatic imine (C=N–C) groups is 1. The molecule has 0 fully saturated rings. The van der Waals surface area contributed by atoms with Crippen molar-refractivity contribution in [1.29, 1.82) is 0 Å². The van der Waals surface area contributed by atoms with E-state index in [1.165, 1.54) is 12.1 Å². The number of sulfonamides is 1. The van der Waals surface area contributed by atoms with Crippen molar-refractivity contribution < 1.29 is 12.8 Å². The molecule has 0 saturated carbocycles. The summed E-state index contributed by atoms with van der Waals surface area (Å²) in [7, 11) is -3.92. The molecule has 27 heavy (non-hydrogen) atoms. The molecule has 2 heterocycles. The third kappa shape index (κ3) is 3.56. The van der Waals surface area contributed by atoms with Crippen LogP contribution in [0.25, 0.3) is 11.1 Å². The molecule has 4 rings (SSSR count). The van der Waals surface area contributed by atoms with Gasteiger partial charge in [-0.3, -0.25) is 9.71 Å². The van der Waals surface area contributed by atoms with Gasteiger partial charge in [-0.05, 0) is 53.6 Å². The van der Waals surface area contributed by atoms with Crippen molar-refractivity contribution in [3.05, 3.63) is 71.3 Å². The number of nitrogens with one attached hydrogen (secondary N) is 1. The molecule has 8 heteroatoms. The SMILES string of the molecule is O=S(=O)(Nc1cc(-c2ccc3c(c2)CC=N3)cnc1Cl)c1ccc(F)cc1. The average molecular weight is 402 g/mol. The van der Waals surface area contributed by atoms with Gasteiger partial charge in [0.25, 0.3) is 10.0 Å². The van der Waals surface area contributed by atoms with Crippen LogP contribution in [-0.2, 0) is 16.4 Å². The Hall–Kier alpha value is -2.77. The number of fused-ring (bicyclic) bond motifs is 1. The van der Waals surface area contributed by atoms with E-state index in [1.807, 2.05) is 24.4 Å². The molecule has 0 spiro atoms. The van der Waals surface area contributed by atoms with Gasteiger partial charge in [-0.25, -0.2) is 17.8 Å². The van der Waals surface area contributed by atoms with Crippen LogP contribution in [0.2, 0.25) is 5.15 Å². The molecule has 0 aliphatic carbocycles. The fraction of sp³-hybridized carbons (Fsp3) is 0.0526. The third-order valence-electron chi connectivity index (χ3n) is 4.16. The first-order valence-corrected chi connectivity index (χ1v) is 9.88. The molecular formula is C19H13ClFN3O2S. The topological polar surface area (TPSA) is 71.4 Å². The van der Waals surface area contributed by atoms with Crippen molar-refractivity contribution in [2.24, 2.45) is 4.99 Å². The number of nitrogens with zero attached hydrogens (tertiary/aromatic N) is 2. The highest BCUT2D eigenvalue weighted by atomic mass is 35.5. The zero-order valence-corrected chi connectivity index (χ0v) is 15.4. The number of aromatic nitrogens is 1. The van der Waals surface area contributed by atoms with Crippen LogP contribution in [0.4, 0.5) is 15.8 Å². The Morgan fingerprint density at radius 1 is 1.04 bits per heavy atom. The van der Waals surface area contributed by atoms with Crippen LogP contribution >= 0.6 is 11.6 Å². The molecule has 136 valence electrons. The summed E-state index contributed by atoms with van der Waals surface area (Å²) < 4.78 is 40.5. The van der Waals surface area contributed by atoms with E-state index in [-0.39, 0.29) is 15.7 Å². The maximum atomic E-state index is 13.0. The number of benzene rings is 2. The first-order chi connectivity index (χ1) is 12.9. The maximum Gasteiger partial charge on any atom is 0.261 e. The summed E-state index contributed by atoms with van der Waals surface area (Å²) in [5.74, 6) is -0.517. The summed E-state index contributed by atoms with van der Waals surface area (Å²) in [5.41, 5.74) is 3.76. The van der Waals surface area contributed by atoms with Crippen LogP contribution in [0.15, 0.2) is 64.6 Å². The number of pyridine rings is 1. The van der Waals surface area contributed by atoms with E-state index in [0.717, 1.165) is 35.4 Å². The Bertz CT molecular complexity index is 1160. The van der Waals surface area contributed by atoms with Crippen molar-refractivity contribution >= 4 is 39.2 Å². The molecule has 0 amide bonds. The van der Waals surface area contributed by atoms with Crippen LogP contribution < -0.4 is 4.72 Å². The van der Waals surface area contributed by atoms with Gasteiger partial charge in [0.15, 0.2) is 5.15 Å². The van der Waals surface area contributed by atoms with E-state index >= 15 is 0 Å². The molecule has 1 aliphatic heterocycles. The van der Waals surface area contributed by atoms with E-state index < -0.39 is 15.8 Å². The van der Waals surface area contributed by atoms with Crippen molar-refractivity contribution in [3.63, 3.8) is 0 Å². The first-order valence-electron chi connectivity index (χ1n) is 8.02. The van der Waals surface area contributed by atoms with Crippen LogP contribution in [-0.4, -0.2) is 19.6 Å². The summed E-state index contributed by atoms with van der Waals surface area (Å²) in [4.78, 5) is 8.29. The molecule has 0 atom stereocenters. The van der Waals surface area contributed by atoms with Crippen molar-refractivity contribution in [3.8, 4) is 11.1 Å². The van der Waals surface area contributed by atoms with Crippen LogP contribution in [0.3, 0.4) is 0 Å². The monoisotopic (exact) mass is 401 g/mol. The molecule has 1 N–H and O–H groups in total. The van der Waals surface area contributed by atoms with Crippen molar-refractivity contribution in [1.82, 2.24) is 4.98 Å². The van der Waals surface area contributed by atoms with Gasteiger partial charge < -0.3 is 0 Å². The lowest BCUT2D eigenvalue weighted by Crippen LogP contribution is -2.13. The molecule has 0 radical (unpaired) electrons. The van der Waals surface area contributed by atoms with Crippen molar-refractivity contribution in [2.45, 2.75) is 11.3 Å². The average Bonchev–Trinajstić information content (AvgIpc) is 3.11. The summed E-state index contributed by atoms with van der Waals surface area (Å²) in [6, 6.07) is 11.9. The molecule has 0 unspecified atom stereocenters. The number of hydrogen-bond acceptors (Lipinski definition) is 4. The minimum Gasteiger partial charge on any atom is -0.276 e. The molecule has 5 nitrogen and oxygen atoms in total. The smallest absolute Gasteiger partial charge is 0.261 e. The lowest BCUT2D eigenvalue weighted by Gasteiger charge is -2.11. The van der Waals surface area contributed by atoms with Gasteiger partial charge in [0.1, 0.15) is 5.82 Å². The number of anilines is 1. The van der Waals surface area contributed by atoms with Crippen LogP contribution in [0.1, 0.15) is 5.56 Å². The Kier molecular flexibility index (Phi) is 4.41. The minimum atomic E-state index is -3.92. The van der Waals surface area contributed by atoms with E-state index in [1.54, 1.807) is 12.3 Å². The second-order valence-corrected chi connectivity index (χ2v) is 8.02. The minimum absolute atomic E-state index is 0.0222. The fourth-order valence-corrected chi connectivity index (χ4v) is 4.06. The van der Waals surface area contributed by atoms with Gasteiger partial charge in [0.2, 0.25) is 0 Å². The Morgan fingerprint density at radius 3 is 2.59 bits per heavy atom. The van der Waals surface area contributed by atoms with Crippen LogP contribution in [0, 0.1) is 5.82 Å². The molecule has 0 saturated heterocycles. The summed E-state index contributed by atoms with van der Waals surface area (Å²) in [6.07, 6.45) is 4.18. The summed E-state index contributed by atoms with van der Waals surface area (Å²) in [6.45, 7) is 0. The quantitative estimate of drug-likeness (QED) is 0.649. The zero-order chi connectivity index (χ0) is 19.0. The second-order valence-electron chi connectivity index (χ2n) is 5.98. The van der Waals surface area contributed by atoms with E-state index in [9.17, 15) is 12.8 Å². The predicted molar refractivity (Wildman–Crippen MR) is 104 cm³/mol. The molecular weight excluding hydrogens is 389 g/mol. The number of halogens is 2. The predicted octanol–water partition coefficient (Wildman–Crippen LogP) is 4.60. The molecule has 0 bridgehead atoms.